The van der Waals surface area contributed by atoms with Crippen molar-refractivity contribution < 1.29 is 37.3 Å². The summed E-state index contributed by atoms with van der Waals surface area (Å²) in [7, 11) is 2.35. The quantitative estimate of drug-likeness (QED) is 0.476. The summed E-state index contributed by atoms with van der Waals surface area (Å²) >= 11 is 0. The largest absolute Gasteiger partial charge is 0.493 e. The Labute approximate surface area is 176 Å². The number of hydrogen-bond donors (Lipinski definition) is 1. The number of ether oxygens (including phenoxy) is 4. The molecule has 0 bridgehead atoms. The fourth-order valence-corrected chi connectivity index (χ4v) is 2.43. The normalized spacial score (nSPS) is 10.5. The number of rotatable bonds is 9. The van der Waals surface area contributed by atoms with Crippen LogP contribution in [0.5, 0.6) is 17.2 Å². The highest BCUT2D eigenvalue weighted by Gasteiger charge is 2.20. The van der Waals surface area contributed by atoms with Crippen LogP contribution >= 0.6 is 0 Å². The van der Waals surface area contributed by atoms with Gasteiger partial charge in [0, 0.05) is 18.2 Å². The van der Waals surface area contributed by atoms with Gasteiger partial charge in [-0.25, -0.2) is 4.79 Å². The lowest BCUT2D eigenvalue weighted by Crippen LogP contribution is -2.14. The van der Waals surface area contributed by atoms with Crippen molar-refractivity contribution in [3.05, 3.63) is 53.6 Å². The summed E-state index contributed by atoms with van der Waals surface area (Å²) in [5, 5.41) is 10.9. The summed E-state index contributed by atoms with van der Waals surface area (Å²) in [4.78, 5) is 24.3. The van der Waals surface area contributed by atoms with E-state index in [1.54, 1.807) is 24.3 Å². The Morgan fingerprint density at radius 1 is 1.16 bits per heavy atom. The van der Waals surface area contributed by atoms with Gasteiger partial charge >= 0.3 is 12.6 Å². The molecule has 0 spiro atoms. The van der Waals surface area contributed by atoms with Crippen LogP contribution in [0.3, 0.4) is 0 Å². The van der Waals surface area contributed by atoms with Gasteiger partial charge in [-0.3, -0.25) is 4.79 Å². The number of alkyl halides is 2. The average Bonchev–Trinajstić information content (AvgIpc) is 2.76. The fourth-order valence-electron chi connectivity index (χ4n) is 2.43. The Balaban J connectivity index is 2.22. The third-order valence-electron chi connectivity index (χ3n) is 3.79. The first kappa shape index (κ1) is 23.2. The Hall–Kier alpha value is -4.13. The smallest absolute Gasteiger partial charge is 0.387 e. The van der Waals surface area contributed by atoms with Crippen molar-refractivity contribution in [1.82, 2.24) is 0 Å². The second kappa shape index (κ2) is 11.2. The van der Waals surface area contributed by atoms with E-state index in [9.17, 15) is 18.4 Å². The molecule has 1 N–H and O–H groups in total. The van der Waals surface area contributed by atoms with Crippen LogP contribution in [0.25, 0.3) is 6.08 Å². The molecule has 0 aliphatic rings. The number of anilines is 1. The van der Waals surface area contributed by atoms with E-state index in [1.165, 1.54) is 19.3 Å². The number of nitrogens with one attached hydrogen (secondary N) is 1. The topological polar surface area (TPSA) is 107 Å². The van der Waals surface area contributed by atoms with Crippen LogP contribution in [-0.4, -0.2) is 39.3 Å². The van der Waals surface area contributed by atoms with Gasteiger partial charge in [0.25, 0.3) is 0 Å². The third kappa shape index (κ3) is 6.71. The van der Waals surface area contributed by atoms with E-state index in [1.807, 2.05) is 6.07 Å². The van der Waals surface area contributed by atoms with E-state index in [-0.39, 0.29) is 29.4 Å². The molecule has 31 heavy (non-hydrogen) atoms. The minimum absolute atomic E-state index is 0.0841. The number of amides is 1. The molecule has 10 heteroatoms. The number of nitriles is 1. The lowest BCUT2D eigenvalue weighted by atomic mass is 10.1. The van der Waals surface area contributed by atoms with Crippen LogP contribution in [0.15, 0.2) is 42.5 Å². The lowest BCUT2D eigenvalue weighted by molar-refractivity contribution is -0.111. The highest BCUT2D eigenvalue weighted by Crippen LogP contribution is 2.35. The maximum Gasteiger partial charge on any atom is 0.387 e. The molecule has 0 heterocycles. The minimum Gasteiger partial charge on any atom is -0.493 e. The van der Waals surface area contributed by atoms with Gasteiger partial charge in [-0.15, -0.1) is 0 Å². The molecule has 0 aromatic heterocycles. The average molecular weight is 432 g/mol. The highest BCUT2D eigenvalue weighted by atomic mass is 19.3. The second-order valence-corrected chi connectivity index (χ2v) is 5.76. The number of carbonyl (C=O) groups is 2. The summed E-state index contributed by atoms with van der Waals surface area (Å²) in [6.07, 6.45) is 2.67. The summed E-state index contributed by atoms with van der Waals surface area (Å²) in [5.41, 5.74) is 0.448. The Morgan fingerprint density at radius 3 is 2.45 bits per heavy atom. The summed E-state index contributed by atoms with van der Waals surface area (Å²) in [6.45, 7) is -3.22. The Morgan fingerprint density at radius 2 is 1.87 bits per heavy atom. The number of benzene rings is 2. The number of halogens is 2. The third-order valence-corrected chi connectivity index (χ3v) is 3.79. The molecule has 0 unspecified atom stereocenters. The minimum atomic E-state index is -3.14. The van der Waals surface area contributed by atoms with Crippen LogP contribution in [0.1, 0.15) is 15.9 Å². The first-order chi connectivity index (χ1) is 14.9. The van der Waals surface area contributed by atoms with E-state index in [4.69, 9.17) is 14.7 Å². The van der Waals surface area contributed by atoms with Gasteiger partial charge in [-0.1, -0.05) is 12.1 Å². The van der Waals surface area contributed by atoms with E-state index in [2.05, 4.69) is 14.8 Å². The van der Waals surface area contributed by atoms with Crippen LogP contribution < -0.4 is 19.5 Å². The molecule has 2 rings (SSSR count). The Kier molecular flexibility index (Phi) is 8.33. The predicted octanol–water partition coefficient (Wildman–Crippen LogP) is 3.64. The van der Waals surface area contributed by atoms with Crippen LogP contribution in [0.4, 0.5) is 14.5 Å². The second-order valence-electron chi connectivity index (χ2n) is 5.76. The van der Waals surface area contributed by atoms with Gasteiger partial charge in [-0.2, -0.15) is 14.0 Å². The lowest BCUT2D eigenvalue weighted by Gasteiger charge is -2.15. The van der Waals surface area contributed by atoms with E-state index in [0.717, 1.165) is 19.2 Å². The zero-order valence-corrected chi connectivity index (χ0v) is 16.6. The molecule has 8 nitrogen and oxygen atoms in total. The highest BCUT2D eigenvalue weighted by molar-refractivity contribution is 6.07. The molecule has 0 aliphatic heterocycles. The summed E-state index contributed by atoms with van der Waals surface area (Å²) in [6, 6.07) is 10.6. The van der Waals surface area contributed by atoms with Crippen molar-refractivity contribution in [1.29, 1.82) is 5.26 Å². The zero-order chi connectivity index (χ0) is 22.8. The van der Waals surface area contributed by atoms with Crippen LogP contribution in [0.2, 0.25) is 0 Å². The molecule has 2 aromatic carbocycles. The van der Waals surface area contributed by atoms with Gasteiger partial charge in [0.2, 0.25) is 5.91 Å². The van der Waals surface area contributed by atoms with E-state index in [0.29, 0.717) is 11.3 Å². The number of hydrogen-bond acceptors (Lipinski definition) is 7. The van der Waals surface area contributed by atoms with Crippen molar-refractivity contribution in [2.45, 2.75) is 6.61 Å². The van der Waals surface area contributed by atoms with E-state index >= 15 is 0 Å². The van der Waals surface area contributed by atoms with Gasteiger partial charge in [-0.05, 0) is 23.8 Å². The first-order valence-electron chi connectivity index (χ1n) is 8.72. The van der Waals surface area contributed by atoms with Crippen molar-refractivity contribution >= 4 is 23.6 Å². The van der Waals surface area contributed by atoms with Crippen molar-refractivity contribution in [3.8, 4) is 23.3 Å². The number of methoxy groups -OCH3 is 2. The monoisotopic (exact) mass is 432 g/mol. The molecule has 0 fully saturated rings. The SMILES string of the molecule is COC(=O)c1cc(OC)c(OC(F)F)cc1NC(=O)/C=C/c1ccc(OCC#N)cc1. The molecular weight excluding hydrogens is 414 g/mol. The molecule has 0 radical (unpaired) electrons. The maximum atomic E-state index is 12.7. The van der Waals surface area contributed by atoms with E-state index < -0.39 is 18.5 Å². The number of carbonyl (C=O) groups excluding carboxylic acids is 2. The van der Waals surface area contributed by atoms with Crippen molar-refractivity contribution in [3.63, 3.8) is 0 Å². The van der Waals surface area contributed by atoms with Gasteiger partial charge in [0.15, 0.2) is 18.1 Å². The summed E-state index contributed by atoms with van der Waals surface area (Å²) in [5.74, 6) is -1.45. The van der Waals surface area contributed by atoms with Crippen LogP contribution in [0, 0.1) is 11.3 Å². The molecule has 2 aromatic rings. The number of nitrogens with zero attached hydrogens (tertiary/aromatic N) is 1. The molecule has 0 aliphatic carbocycles. The molecule has 162 valence electrons. The molecule has 1 amide bonds. The van der Waals surface area contributed by atoms with Crippen molar-refractivity contribution in [2.75, 3.05) is 26.1 Å². The van der Waals surface area contributed by atoms with Crippen LogP contribution in [-0.2, 0) is 9.53 Å². The fraction of sp³-hybridized carbons (Fsp3) is 0.190. The predicted molar refractivity (Wildman–Crippen MR) is 106 cm³/mol. The van der Waals surface area contributed by atoms with Gasteiger partial charge in [0.1, 0.15) is 11.8 Å². The molecule has 0 saturated heterocycles. The molecule has 0 saturated carbocycles. The molecular formula is C21H18F2N2O6. The van der Waals surface area contributed by atoms with Gasteiger partial charge < -0.3 is 24.3 Å². The Bertz CT molecular complexity index is 1000. The molecule has 0 atom stereocenters. The van der Waals surface area contributed by atoms with Crippen molar-refractivity contribution in [2.24, 2.45) is 0 Å². The zero-order valence-electron chi connectivity index (χ0n) is 16.6. The standard InChI is InChI=1S/C21H18F2N2O6/c1-28-17-11-15(20(27)29-2)16(12-18(17)31-21(22)23)25-19(26)8-5-13-3-6-14(7-4-13)30-10-9-24/h3-8,11-12,21H,10H2,1-2H3,(H,25,26)/b8-5+. The maximum absolute atomic E-state index is 12.7. The number of esters is 1. The summed E-state index contributed by atoms with van der Waals surface area (Å²) < 4.78 is 44.5. The van der Waals surface area contributed by atoms with Gasteiger partial charge in [0.05, 0.1) is 25.5 Å². The first-order valence-corrected chi connectivity index (χ1v) is 8.72.